The average Bonchev–Trinajstić information content (AvgIpc) is 3.15. The summed E-state index contributed by atoms with van der Waals surface area (Å²) in [4.78, 5) is 12.7. The summed E-state index contributed by atoms with van der Waals surface area (Å²) in [5, 5.41) is 1.73. The average molecular weight is 426 g/mol. The van der Waals surface area contributed by atoms with Crippen molar-refractivity contribution in [1.82, 2.24) is 0 Å². The molecule has 8 nitrogen and oxygen atoms in total. The van der Waals surface area contributed by atoms with Gasteiger partial charge in [0.25, 0.3) is 0 Å². The Labute approximate surface area is 177 Å². The fourth-order valence-electron chi connectivity index (χ4n) is 3.58. The Balaban J connectivity index is 1.57. The molecule has 2 aromatic carbocycles. The van der Waals surface area contributed by atoms with Gasteiger partial charge in [-0.05, 0) is 18.2 Å². The van der Waals surface area contributed by atoms with Crippen molar-refractivity contribution < 1.29 is 32.5 Å². The third kappa shape index (κ3) is 4.10. The molecule has 8 heteroatoms. The van der Waals surface area contributed by atoms with Crippen molar-refractivity contribution in [2.24, 2.45) is 0 Å². The van der Waals surface area contributed by atoms with Crippen LogP contribution in [-0.4, -0.2) is 52.9 Å². The lowest BCUT2D eigenvalue weighted by atomic mass is 10.1. The van der Waals surface area contributed by atoms with Crippen LogP contribution in [-0.2, 0) is 14.2 Å². The van der Waals surface area contributed by atoms with Crippen molar-refractivity contribution in [3.05, 3.63) is 46.8 Å². The highest BCUT2D eigenvalue weighted by Gasteiger charge is 2.19. The first-order chi connectivity index (χ1) is 15.3. The third-order valence-corrected chi connectivity index (χ3v) is 5.01. The van der Waals surface area contributed by atoms with Crippen LogP contribution >= 0.6 is 0 Å². The number of rotatable bonds is 0. The molecule has 0 atom stereocenters. The van der Waals surface area contributed by atoms with E-state index in [9.17, 15) is 4.79 Å². The molecular weight excluding hydrogens is 404 g/mol. The summed E-state index contributed by atoms with van der Waals surface area (Å²) in [7, 11) is 0. The summed E-state index contributed by atoms with van der Waals surface area (Å²) in [5.74, 6) is 1.01. The molecule has 162 valence electrons. The van der Waals surface area contributed by atoms with Crippen molar-refractivity contribution in [3.8, 4) is 11.5 Å². The third-order valence-electron chi connectivity index (χ3n) is 5.01. The summed E-state index contributed by atoms with van der Waals surface area (Å²) in [6, 6.07) is 10.8. The predicted octanol–water partition coefficient (Wildman–Crippen LogP) is 3.51. The Bertz CT molecular complexity index is 1260. The molecule has 0 radical (unpaired) electrons. The van der Waals surface area contributed by atoms with Crippen LogP contribution in [0.15, 0.2) is 50.0 Å². The fourth-order valence-corrected chi connectivity index (χ4v) is 3.58. The highest BCUT2D eigenvalue weighted by Crippen LogP contribution is 2.38. The minimum atomic E-state index is -0.456. The van der Waals surface area contributed by atoms with Crippen molar-refractivity contribution in [1.29, 1.82) is 0 Å². The highest BCUT2D eigenvalue weighted by atomic mass is 16.6. The van der Waals surface area contributed by atoms with Crippen LogP contribution in [0.5, 0.6) is 11.5 Å². The molecule has 4 aromatic rings. The lowest BCUT2D eigenvalue weighted by Gasteiger charge is -2.13. The molecule has 5 rings (SSSR count). The van der Waals surface area contributed by atoms with Gasteiger partial charge in [-0.2, -0.15) is 0 Å². The van der Waals surface area contributed by atoms with Gasteiger partial charge in [-0.15, -0.1) is 0 Å². The largest absolute Gasteiger partial charge is 0.487 e. The topological polar surface area (TPSA) is 89.5 Å². The molecule has 0 amide bonds. The molecule has 0 spiro atoms. The van der Waals surface area contributed by atoms with Gasteiger partial charge in [-0.3, -0.25) is 0 Å². The number of ether oxygens (including phenoxy) is 5. The predicted molar refractivity (Wildman–Crippen MR) is 113 cm³/mol. The number of para-hydroxylation sites is 1. The minimum Gasteiger partial charge on any atom is -0.487 e. The first-order valence-electron chi connectivity index (χ1n) is 10.2. The van der Waals surface area contributed by atoms with E-state index in [0.29, 0.717) is 91.9 Å². The molecule has 0 unspecified atom stereocenters. The molecule has 0 saturated carbocycles. The zero-order valence-electron chi connectivity index (χ0n) is 16.9. The Morgan fingerprint density at radius 1 is 0.613 bits per heavy atom. The Kier molecular flexibility index (Phi) is 5.75. The lowest BCUT2D eigenvalue weighted by Crippen LogP contribution is -2.13. The first-order valence-corrected chi connectivity index (χ1v) is 10.2. The van der Waals surface area contributed by atoms with Crippen LogP contribution in [0.1, 0.15) is 0 Å². The van der Waals surface area contributed by atoms with Gasteiger partial charge >= 0.3 is 5.63 Å². The second kappa shape index (κ2) is 8.97. The van der Waals surface area contributed by atoms with Gasteiger partial charge in [0, 0.05) is 11.5 Å². The van der Waals surface area contributed by atoms with E-state index >= 15 is 0 Å². The summed E-state index contributed by atoms with van der Waals surface area (Å²) < 4.78 is 39.8. The Hall–Kier alpha value is -3.07. The van der Waals surface area contributed by atoms with Gasteiger partial charge in [-0.1, -0.05) is 12.1 Å². The van der Waals surface area contributed by atoms with E-state index in [0.717, 1.165) is 5.39 Å². The molecular formula is C23H22O8. The van der Waals surface area contributed by atoms with Crippen molar-refractivity contribution in [3.63, 3.8) is 0 Å². The maximum Gasteiger partial charge on any atom is 0.348 e. The summed E-state index contributed by atoms with van der Waals surface area (Å²) >= 11 is 0. The number of hydrogen-bond acceptors (Lipinski definition) is 8. The van der Waals surface area contributed by atoms with E-state index in [4.69, 9.17) is 32.5 Å². The standard InChI is InChI=1S/C23H22O8/c24-23-21-16-13-19-20(29-12-10-27-8-6-25-5-7-26-9-11-28-19)14-18(16)30-22(21)15-3-1-2-4-17(15)31-23/h1-4,13-14H,5-12H2. The van der Waals surface area contributed by atoms with E-state index < -0.39 is 5.63 Å². The van der Waals surface area contributed by atoms with E-state index in [1.165, 1.54) is 0 Å². The fraction of sp³-hybridized carbons (Fsp3) is 0.348. The van der Waals surface area contributed by atoms with Gasteiger partial charge in [0.05, 0.1) is 45.0 Å². The van der Waals surface area contributed by atoms with Crippen LogP contribution in [0.25, 0.3) is 32.9 Å². The molecule has 0 aliphatic carbocycles. The van der Waals surface area contributed by atoms with Crippen LogP contribution < -0.4 is 15.1 Å². The Morgan fingerprint density at radius 2 is 1.23 bits per heavy atom. The second-order valence-corrected chi connectivity index (χ2v) is 7.02. The highest BCUT2D eigenvalue weighted by molar-refractivity contribution is 6.13. The van der Waals surface area contributed by atoms with Gasteiger partial charge in [-0.25, -0.2) is 4.79 Å². The zero-order chi connectivity index (χ0) is 21.0. The lowest BCUT2D eigenvalue weighted by molar-refractivity contribution is 0.00708. The normalized spacial score (nSPS) is 16.9. The molecule has 3 heterocycles. The first kappa shape index (κ1) is 19.9. The molecule has 0 saturated heterocycles. The SMILES string of the molecule is O=c1oc2ccccc2c2oc3cc4c(cc3c12)OCCOCCOCCOCCO4. The maximum absolute atomic E-state index is 12.7. The number of fused-ring (bicyclic) bond motifs is 6. The van der Waals surface area contributed by atoms with E-state index in [2.05, 4.69) is 0 Å². The van der Waals surface area contributed by atoms with Gasteiger partial charge in [0.1, 0.15) is 29.8 Å². The molecule has 0 N–H and O–H groups in total. The van der Waals surface area contributed by atoms with Crippen LogP contribution in [0.2, 0.25) is 0 Å². The van der Waals surface area contributed by atoms with E-state index in [1.807, 2.05) is 18.2 Å². The second-order valence-electron chi connectivity index (χ2n) is 7.02. The van der Waals surface area contributed by atoms with Crippen molar-refractivity contribution in [2.45, 2.75) is 0 Å². The number of hydrogen-bond donors (Lipinski definition) is 0. The molecule has 2 aromatic heterocycles. The molecule has 0 bridgehead atoms. The van der Waals surface area contributed by atoms with Crippen molar-refractivity contribution in [2.75, 3.05) is 52.9 Å². The summed E-state index contributed by atoms with van der Waals surface area (Å²) in [5.41, 5.74) is 1.03. The number of benzene rings is 2. The Morgan fingerprint density at radius 3 is 1.94 bits per heavy atom. The van der Waals surface area contributed by atoms with E-state index in [-0.39, 0.29) is 0 Å². The van der Waals surface area contributed by atoms with Crippen LogP contribution in [0.4, 0.5) is 0 Å². The quantitative estimate of drug-likeness (QED) is 0.395. The number of furan rings is 1. The minimum absolute atomic E-state index is 0.325. The molecule has 31 heavy (non-hydrogen) atoms. The maximum atomic E-state index is 12.7. The van der Waals surface area contributed by atoms with Crippen LogP contribution in [0, 0.1) is 0 Å². The van der Waals surface area contributed by atoms with Gasteiger partial charge in [0.15, 0.2) is 17.1 Å². The van der Waals surface area contributed by atoms with Crippen molar-refractivity contribution >= 4 is 32.9 Å². The zero-order valence-corrected chi connectivity index (χ0v) is 16.9. The molecule has 1 aliphatic rings. The molecule has 1 aliphatic heterocycles. The summed E-state index contributed by atoms with van der Waals surface area (Å²) in [6.45, 7) is 3.44. The smallest absolute Gasteiger partial charge is 0.348 e. The molecule has 0 fully saturated rings. The van der Waals surface area contributed by atoms with Gasteiger partial charge in [0.2, 0.25) is 0 Å². The van der Waals surface area contributed by atoms with E-state index in [1.54, 1.807) is 18.2 Å². The monoisotopic (exact) mass is 426 g/mol. The summed E-state index contributed by atoms with van der Waals surface area (Å²) in [6.07, 6.45) is 0. The van der Waals surface area contributed by atoms with Gasteiger partial charge < -0.3 is 32.5 Å². The van der Waals surface area contributed by atoms with Crippen LogP contribution in [0.3, 0.4) is 0 Å².